The Morgan fingerprint density at radius 2 is 1.80 bits per heavy atom. The summed E-state index contributed by atoms with van der Waals surface area (Å²) in [6.45, 7) is 12.7. The summed E-state index contributed by atoms with van der Waals surface area (Å²) in [5.41, 5.74) is 0.738. The van der Waals surface area contributed by atoms with Crippen molar-refractivity contribution in [1.82, 2.24) is 4.90 Å². The molecular weight excluding hydrogens is 536 g/mol. The molecule has 0 fully saturated rings. The van der Waals surface area contributed by atoms with Crippen molar-refractivity contribution in [3.8, 4) is 5.06 Å². The number of carboxylic acid groups (broad SMARTS) is 1. The average Bonchev–Trinajstić information content (AvgIpc) is 3.09. The second-order valence-corrected chi connectivity index (χ2v) is 12.6. The Hall–Kier alpha value is 0.386. The molecule has 7 nitrogen and oxygen atoms in total. The van der Waals surface area contributed by atoms with Gasteiger partial charge in [-0.2, -0.15) is 0 Å². The largest absolute Gasteiger partial charge is 1.00 e. The maximum atomic E-state index is 12.0. The monoisotopic (exact) mass is 567 g/mol. The fourth-order valence-electron chi connectivity index (χ4n) is 3.43. The van der Waals surface area contributed by atoms with E-state index in [1.165, 1.54) is 4.88 Å². The normalized spacial score (nSPS) is 15.4. The number of hydrogen-bond acceptors (Lipinski definition) is 8. The SMILES string of the molecule is CC(C)(C)OP(OCOc1cc2c(s1)CCN([C@@H](C(=O)[O-])c1ccccc1Cl)C2)OC(C)(C)C.[K+]. The zero-order chi connectivity index (χ0) is 25.1. The van der Waals surface area contributed by atoms with Gasteiger partial charge in [0, 0.05) is 23.0 Å². The molecule has 0 radical (unpaired) electrons. The molecule has 0 bridgehead atoms. The van der Waals surface area contributed by atoms with Gasteiger partial charge in [0.1, 0.15) is 0 Å². The molecule has 35 heavy (non-hydrogen) atoms. The minimum Gasteiger partial charge on any atom is -0.548 e. The summed E-state index contributed by atoms with van der Waals surface area (Å²) < 4.78 is 23.5. The van der Waals surface area contributed by atoms with Crippen LogP contribution in [0.15, 0.2) is 30.3 Å². The van der Waals surface area contributed by atoms with Crippen molar-refractivity contribution in [1.29, 1.82) is 0 Å². The Kier molecular flexibility index (Phi) is 12.1. The third kappa shape index (κ3) is 9.89. The Bertz CT molecular complexity index is 977. The summed E-state index contributed by atoms with van der Waals surface area (Å²) in [7, 11) is -1.59. The number of nitrogens with zero attached hydrogens (tertiary/aromatic N) is 1. The van der Waals surface area contributed by atoms with Gasteiger partial charge < -0.3 is 23.7 Å². The maximum Gasteiger partial charge on any atom is 1.00 e. The van der Waals surface area contributed by atoms with E-state index in [1.54, 1.807) is 35.6 Å². The summed E-state index contributed by atoms with van der Waals surface area (Å²) in [5, 5.41) is 13.1. The summed E-state index contributed by atoms with van der Waals surface area (Å²) in [5.74, 6) is -1.16. The van der Waals surface area contributed by atoms with Crippen LogP contribution in [-0.2, 0) is 31.3 Å². The van der Waals surface area contributed by atoms with E-state index in [0.717, 1.165) is 5.56 Å². The third-order valence-electron chi connectivity index (χ3n) is 4.72. The van der Waals surface area contributed by atoms with Crippen LogP contribution >= 0.6 is 31.5 Å². The van der Waals surface area contributed by atoms with Crippen LogP contribution in [0.25, 0.3) is 0 Å². The predicted molar refractivity (Wildman–Crippen MR) is 133 cm³/mol. The molecule has 0 saturated heterocycles. The Morgan fingerprint density at radius 1 is 1.17 bits per heavy atom. The zero-order valence-electron chi connectivity index (χ0n) is 21.4. The summed E-state index contributed by atoms with van der Waals surface area (Å²) in [6, 6.07) is 8.01. The standard InChI is InChI=1S/C24H33ClNO6PS.K/c1-23(2,3)31-33(32-24(4,5)6)30-15-29-20-13-16-14-26(12-11-19(16)34-20)21(22(27)28)17-9-7-8-10-18(17)25;/h7-10,13,21H,11-12,14-15H2,1-6H3,(H,27,28);/q;+1/p-1/t21-;/m1./s1. The van der Waals surface area contributed by atoms with Gasteiger partial charge >= 0.3 is 60.0 Å². The first-order chi connectivity index (χ1) is 15.8. The van der Waals surface area contributed by atoms with Crippen LogP contribution in [0, 0.1) is 0 Å². The molecule has 188 valence electrons. The van der Waals surface area contributed by atoms with E-state index >= 15 is 0 Å². The summed E-state index contributed by atoms with van der Waals surface area (Å²) in [6.07, 6.45) is 0.714. The van der Waals surface area contributed by atoms with Gasteiger partial charge in [0.15, 0.2) is 11.9 Å². The zero-order valence-corrected chi connectivity index (χ0v) is 27.0. The molecule has 2 heterocycles. The number of hydrogen-bond donors (Lipinski definition) is 0. The number of rotatable bonds is 9. The molecule has 2 aromatic rings. The number of ether oxygens (including phenoxy) is 1. The van der Waals surface area contributed by atoms with Gasteiger partial charge in [0.2, 0.25) is 0 Å². The van der Waals surface area contributed by atoms with Gasteiger partial charge in [-0.25, -0.2) is 0 Å². The van der Waals surface area contributed by atoms with E-state index in [1.807, 2.05) is 52.5 Å². The van der Waals surface area contributed by atoms with Crippen LogP contribution in [0.5, 0.6) is 5.06 Å². The van der Waals surface area contributed by atoms with Crippen LogP contribution in [0.3, 0.4) is 0 Å². The molecule has 1 atom stereocenters. The van der Waals surface area contributed by atoms with E-state index in [9.17, 15) is 9.90 Å². The van der Waals surface area contributed by atoms with Crippen LogP contribution in [0.4, 0.5) is 0 Å². The number of aliphatic carboxylic acids is 1. The van der Waals surface area contributed by atoms with E-state index in [2.05, 4.69) is 0 Å². The molecular formula is C24H32ClKNO6PS. The van der Waals surface area contributed by atoms with E-state index in [4.69, 9.17) is 29.9 Å². The molecule has 1 aliphatic heterocycles. The smallest absolute Gasteiger partial charge is 0.548 e. The minimum absolute atomic E-state index is 0. The fourth-order valence-corrected chi connectivity index (χ4v) is 5.85. The number of fused-ring (bicyclic) bond motifs is 1. The predicted octanol–water partition coefficient (Wildman–Crippen LogP) is 2.46. The topological polar surface area (TPSA) is 80.3 Å². The second-order valence-electron chi connectivity index (χ2n) is 10.00. The van der Waals surface area contributed by atoms with Gasteiger partial charge in [0.05, 0.1) is 23.2 Å². The van der Waals surface area contributed by atoms with Gasteiger partial charge in [-0.3, -0.25) is 9.42 Å². The van der Waals surface area contributed by atoms with Gasteiger partial charge in [-0.1, -0.05) is 29.8 Å². The van der Waals surface area contributed by atoms with E-state index < -0.39 is 31.8 Å². The summed E-state index contributed by atoms with van der Waals surface area (Å²) in [4.78, 5) is 15.0. The number of carboxylic acids is 1. The Balaban J connectivity index is 0.00000432. The maximum absolute atomic E-state index is 12.0. The van der Waals surface area contributed by atoms with E-state index in [-0.39, 0.29) is 58.2 Å². The van der Waals surface area contributed by atoms with Crippen molar-refractivity contribution < 1.29 is 79.6 Å². The first-order valence-corrected chi connectivity index (χ1v) is 13.4. The average molecular weight is 568 g/mol. The minimum atomic E-state index is -1.59. The molecule has 0 saturated carbocycles. The summed E-state index contributed by atoms with van der Waals surface area (Å²) >= 11 is 7.82. The number of halogens is 1. The van der Waals surface area contributed by atoms with Gasteiger partial charge in [-0.15, -0.1) is 11.3 Å². The van der Waals surface area contributed by atoms with Crippen molar-refractivity contribution >= 4 is 37.5 Å². The molecule has 11 heteroatoms. The molecule has 1 aromatic carbocycles. The molecule has 3 rings (SSSR count). The first-order valence-electron chi connectivity index (χ1n) is 11.1. The quantitative estimate of drug-likeness (QED) is 0.262. The second kappa shape index (κ2) is 13.4. The van der Waals surface area contributed by atoms with Crippen LogP contribution < -0.4 is 61.2 Å². The van der Waals surface area contributed by atoms with Crippen LogP contribution in [-0.4, -0.2) is 35.4 Å². The van der Waals surface area contributed by atoms with Crippen molar-refractivity contribution in [2.24, 2.45) is 0 Å². The molecule has 1 aliphatic rings. The third-order valence-corrected chi connectivity index (χ3v) is 7.92. The van der Waals surface area contributed by atoms with Gasteiger partial charge in [0.25, 0.3) is 0 Å². The molecule has 0 unspecified atom stereocenters. The first kappa shape index (κ1) is 31.6. The molecule has 0 spiro atoms. The number of carbonyl (C=O) groups is 1. The van der Waals surface area contributed by atoms with E-state index in [0.29, 0.717) is 35.2 Å². The number of thiophene rings is 1. The molecule has 0 aliphatic carbocycles. The van der Waals surface area contributed by atoms with Crippen molar-refractivity contribution in [3.05, 3.63) is 51.4 Å². The van der Waals surface area contributed by atoms with Crippen molar-refractivity contribution in [2.75, 3.05) is 13.3 Å². The van der Waals surface area contributed by atoms with Crippen molar-refractivity contribution in [2.45, 2.75) is 71.8 Å². The van der Waals surface area contributed by atoms with Gasteiger partial charge in [-0.05, 0) is 71.2 Å². The molecule has 0 amide bonds. The molecule has 0 N–H and O–H groups in total. The Labute approximate surface area is 260 Å². The molecule has 1 aromatic heterocycles. The number of benzene rings is 1. The van der Waals surface area contributed by atoms with Crippen molar-refractivity contribution in [3.63, 3.8) is 0 Å². The number of carbonyl (C=O) groups excluding carboxylic acids is 1. The fraction of sp³-hybridized carbons (Fsp3) is 0.542. The van der Waals surface area contributed by atoms with Crippen LogP contribution in [0.2, 0.25) is 5.02 Å². The Morgan fingerprint density at radius 3 is 2.37 bits per heavy atom. The van der Waals surface area contributed by atoms with Crippen LogP contribution in [0.1, 0.15) is 63.6 Å².